The number of hydrogen-bond acceptors (Lipinski definition) is 4. The van der Waals surface area contributed by atoms with Crippen molar-refractivity contribution in [2.24, 2.45) is 0 Å². The number of anilines is 1. The van der Waals surface area contributed by atoms with Gasteiger partial charge in [-0.15, -0.1) is 0 Å². The second kappa shape index (κ2) is 14.4. The Morgan fingerprint density at radius 1 is 0.929 bits per heavy atom. The number of rotatable bonds is 13. The summed E-state index contributed by atoms with van der Waals surface area (Å²) in [5.74, 6) is -1.09. The topological polar surface area (TPSA) is 86.8 Å². The molecule has 1 atom stereocenters. The van der Waals surface area contributed by atoms with E-state index in [1.165, 1.54) is 23.1 Å². The molecule has 0 radical (unpaired) electrons. The number of sulfonamides is 1. The van der Waals surface area contributed by atoms with Crippen LogP contribution in [-0.4, -0.2) is 50.8 Å². The van der Waals surface area contributed by atoms with Crippen molar-refractivity contribution in [2.45, 2.75) is 57.1 Å². The average molecular weight is 604 g/mol. The van der Waals surface area contributed by atoms with Crippen molar-refractivity contribution >= 4 is 27.5 Å². The van der Waals surface area contributed by atoms with E-state index in [1.54, 1.807) is 26.0 Å². The number of nitrogens with zero attached hydrogens (tertiary/aromatic N) is 2. The fraction of sp³-hybridized carbons (Fsp3) is 0.355. The van der Waals surface area contributed by atoms with Gasteiger partial charge in [-0.05, 0) is 62.1 Å². The first-order valence-corrected chi connectivity index (χ1v) is 15.2. The molecule has 0 unspecified atom stereocenters. The number of alkyl halides is 3. The molecule has 3 aromatic carbocycles. The molecule has 2 amide bonds. The molecule has 42 heavy (non-hydrogen) atoms. The Morgan fingerprint density at radius 2 is 1.60 bits per heavy atom. The minimum Gasteiger partial charge on any atom is -0.354 e. The number of carbonyl (C=O) groups is 2. The van der Waals surface area contributed by atoms with Gasteiger partial charge in [-0.2, -0.15) is 13.2 Å². The van der Waals surface area contributed by atoms with E-state index in [1.807, 2.05) is 37.3 Å². The number of benzene rings is 3. The van der Waals surface area contributed by atoms with Crippen molar-refractivity contribution < 1.29 is 31.2 Å². The molecule has 11 heteroatoms. The second-order valence-corrected chi connectivity index (χ2v) is 11.8. The van der Waals surface area contributed by atoms with Crippen molar-refractivity contribution in [3.05, 3.63) is 95.6 Å². The number of hydrogen-bond donors (Lipinski definition) is 1. The maximum absolute atomic E-state index is 14.0. The minimum atomic E-state index is -4.73. The van der Waals surface area contributed by atoms with Crippen molar-refractivity contribution in [3.63, 3.8) is 0 Å². The van der Waals surface area contributed by atoms with Crippen LogP contribution in [0.25, 0.3) is 0 Å². The third-order valence-electron chi connectivity index (χ3n) is 6.77. The molecule has 0 aliphatic heterocycles. The summed E-state index contributed by atoms with van der Waals surface area (Å²) in [7, 11) is -4.48. The normalized spacial score (nSPS) is 12.4. The quantitative estimate of drug-likeness (QED) is 0.276. The third-order valence-corrected chi connectivity index (χ3v) is 8.56. The van der Waals surface area contributed by atoms with E-state index < -0.39 is 40.3 Å². The molecule has 0 spiro atoms. The second-order valence-electron chi connectivity index (χ2n) is 9.91. The van der Waals surface area contributed by atoms with Gasteiger partial charge in [0.05, 0.1) is 16.1 Å². The number of amides is 2. The highest BCUT2D eigenvalue weighted by atomic mass is 32.2. The summed E-state index contributed by atoms with van der Waals surface area (Å²) < 4.78 is 69.2. The van der Waals surface area contributed by atoms with E-state index in [0.29, 0.717) is 29.8 Å². The Bertz CT molecular complexity index is 1450. The number of aryl methyl sites for hydroxylation is 1. The largest absolute Gasteiger partial charge is 0.416 e. The van der Waals surface area contributed by atoms with Gasteiger partial charge in [0.2, 0.25) is 11.8 Å². The van der Waals surface area contributed by atoms with Gasteiger partial charge >= 0.3 is 6.18 Å². The molecule has 0 aliphatic carbocycles. The molecule has 3 aromatic rings. The smallest absolute Gasteiger partial charge is 0.354 e. The Labute approximate surface area is 245 Å². The molecule has 0 aromatic heterocycles. The zero-order valence-corrected chi connectivity index (χ0v) is 24.7. The zero-order valence-electron chi connectivity index (χ0n) is 23.9. The van der Waals surface area contributed by atoms with Crippen LogP contribution < -0.4 is 9.62 Å². The predicted molar refractivity (Wildman–Crippen MR) is 156 cm³/mol. The van der Waals surface area contributed by atoms with Crippen LogP contribution in [0.3, 0.4) is 0 Å². The van der Waals surface area contributed by atoms with Crippen LogP contribution in [0.1, 0.15) is 43.4 Å². The van der Waals surface area contributed by atoms with Crippen LogP contribution in [0.15, 0.2) is 83.8 Å². The zero-order chi connectivity index (χ0) is 30.9. The first-order chi connectivity index (χ1) is 19.9. The molecule has 226 valence electrons. The molecule has 1 N–H and O–H groups in total. The van der Waals surface area contributed by atoms with Crippen LogP contribution in [0.2, 0.25) is 0 Å². The lowest BCUT2D eigenvalue weighted by Gasteiger charge is -2.33. The summed E-state index contributed by atoms with van der Waals surface area (Å²) in [5, 5.41) is 2.80. The molecule has 7 nitrogen and oxygen atoms in total. The molecular formula is C31H36F3N3O4S. The van der Waals surface area contributed by atoms with E-state index in [9.17, 15) is 31.2 Å². The van der Waals surface area contributed by atoms with Gasteiger partial charge in [-0.1, -0.05) is 67.9 Å². The van der Waals surface area contributed by atoms with Gasteiger partial charge in [-0.25, -0.2) is 8.42 Å². The van der Waals surface area contributed by atoms with Crippen molar-refractivity contribution in [3.8, 4) is 0 Å². The Balaban J connectivity index is 2.06. The lowest BCUT2D eigenvalue weighted by Crippen LogP contribution is -2.53. The van der Waals surface area contributed by atoms with Crippen LogP contribution in [-0.2, 0) is 32.2 Å². The van der Waals surface area contributed by atoms with E-state index in [2.05, 4.69) is 5.32 Å². The molecule has 0 saturated carbocycles. The first-order valence-electron chi connectivity index (χ1n) is 13.8. The fourth-order valence-corrected chi connectivity index (χ4v) is 5.87. The average Bonchev–Trinajstić information content (AvgIpc) is 2.97. The van der Waals surface area contributed by atoms with Gasteiger partial charge < -0.3 is 10.2 Å². The standard InChI is InChI=1S/C31H36F3N3O4S/c1-4-19-35-30(39)28(5-2)36(20-18-24-10-7-6-8-11-24)29(38)22-37(26-13-9-12-25(21-26)31(32,33)34)42(40,41)27-16-14-23(3)15-17-27/h6-17,21,28H,4-5,18-20,22H2,1-3H3,(H,35,39)/t28-/m0/s1. The van der Waals surface area contributed by atoms with E-state index in [0.717, 1.165) is 23.3 Å². The maximum atomic E-state index is 14.0. The van der Waals surface area contributed by atoms with Gasteiger partial charge in [0.25, 0.3) is 10.0 Å². The Kier molecular flexibility index (Phi) is 11.2. The molecule has 3 rings (SSSR count). The highest BCUT2D eigenvalue weighted by Crippen LogP contribution is 2.33. The predicted octanol–water partition coefficient (Wildman–Crippen LogP) is 5.59. The maximum Gasteiger partial charge on any atom is 0.416 e. The monoisotopic (exact) mass is 603 g/mol. The van der Waals surface area contributed by atoms with Gasteiger partial charge in [-0.3, -0.25) is 13.9 Å². The summed E-state index contributed by atoms with van der Waals surface area (Å²) in [5.41, 5.74) is 0.320. The Morgan fingerprint density at radius 3 is 2.19 bits per heavy atom. The Hall–Kier alpha value is -3.86. The molecule has 0 fully saturated rings. The number of halogens is 3. The van der Waals surface area contributed by atoms with Crippen LogP contribution in [0.5, 0.6) is 0 Å². The molecule has 0 saturated heterocycles. The number of carbonyl (C=O) groups excluding carboxylic acids is 2. The van der Waals surface area contributed by atoms with E-state index in [4.69, 9.17) is 0 Å². The van der Waals surface area contributed by atoms with Crippen molar-refractivity contribution in [1.29, 1.82) is 0 Å². The van der Waals surface area contributed by atoms with Crippen LogP contribution >= 0.6 is 0 Å². The number of nitrogens with one attached hydrogen (secondary N) is 1. The van der Waals surface area contributed by atoms with Gasteiger partial charge in [0.15, 0.2) is 0 Å². The highest BCUT2D eigenvalue weighted by Gasteiger charge is 2.35. The molecule has 0 aliphatic rings. The summed E-state index contributed by atoms with van der Waals surface area (Å²) in [4.78, 5) is 28.2. The molecule has 0 heterocycles. The first kappa shape index (κ1) is 32.7. The fourth-order valence-electron chi connectivity index (χ4n) is 4.47. The SMILES string of the molecule is CCCNC(=O)[C@H](CC)N(CCc1ccccc1)C(=O)CN(c1cccc(C(F)(F)F)c1)S(=O)(=O)c1ccc(C)cc1. The summed E-state index contributed by atoms with van der Waals surface area (Å²) in [6.45, 7) is 5.10. The van der Waals surface area contributed by atoms with E-state index in [-0.39, 0.29) is 29.5 Å². The van der Waals surface area contributed by atoms with Crippen LogP contribution in [0.4, 0.5) is 18.9 Å². The summed E-state index contributed by atoms with van der Waals surface area (Å²) in [6.07, 6.45) is -3.41. The molecular weight excluding hydrogens is 567 g/mol. The van der Waals surface area contributed by atoms with Crippen LogP contribution in [0, 0.1) is 6.92 Å². The highest BCUT2D eigenvalue weighted by molar-refractivity contribution is 7.92. The summed E-state index contributed by atoms with van der Waals surface area (Å²) in [6, 6.07) is 18.0. The minimum absolute atomic E-state index is 0.0991. The van der Waals surface area contributed by atoms with Crippen molar-refractivity contribution in [1.82, 2.24) is 10.2 Å². The third kappa shape index (κ3) is 8.34. The summed E-state index contributed by atoms with van der Waals surface area (Å²) >= 11 is 0. The lowest BCUT2D eigenvalue weighted by molar-refractivity contribution is -0.139. The lowest BCUT2D eigenvalue weighted by atomic mass is 10.1. The molecule has 0 bridgehead atoms. The van der Waals surface area contributed by atoms with Gasteiger partial charge in [0, 0.05) is 13.1 Å². The van der Waals surface area contributed by atoms with E-state index >= 15 is 0 Å². The van der Waals surface area contributed by atoms with Gasteiger partial charge in [0.1, 0.15) is 12.6 Å². The van der Waals surface area contributed by atoms with Crippen molar-refractivity contribution in [2.75, 3.05) is 23.9 Å².